The minimum atomic E-state index is 0.520. The van der Waals surface area contributed by atoms with Gasteiger partial charge in [-0.05, 0) is 139 Å². The molecular formula is C67H42N8. The number of hydrogen-bond donors (Lipinski definition) is 0. The first-order valence-electron chi connectivity index (χ1n) is 24.5. The summed E-state index contributed by atoms with van der Waals surface area (Å²) < 4.78 is 2.19. The van der Waals surface area contributed by atoms with Gasteiger partial charge in [0.25, 0.3) is 0 Å². The van der Waals surface area contributed by atoms with Crippen LogP contribution in [-0.4, -0.2) is 14.5 Å². The first kappa shape index (κ1) is 45.3. The Bertz CT molecular complexity index is 3960. The van der Waals surface area contributed by atoms with Crippen molar-refractivity contribution < 1.29 is 0 Å². The summed E-state index contributed by atoms with van der Waals surface area (Å²) in [6.07, 6.45) is 0. The molecule has 0 unspecified atom stereocenters. The van der Waals surface area contributed by atoms with Gasteiger partial charge in [0.15, 0.2) is 5.82 Å². The summed E-state index contributed by atoms with van der Waals surface area (Å²) in [6.45, 7) is 0. The second kappa shape index (κ2) is 19.7. The molecule has 2 aromatic heterocycles. The van der Waals surface area contributed by atoms with Gasteiger partial charge >= 0.3 is 0 Å². The first-order chi connectivity index (χ1) is 37.0. The van der Waals surface area contributed by atoms with E-state index < -0.39 is 0 Å². The molecule has 0 amide bonds. The molecule has 8 heteroatoms. The lowest BCUT2D eigenvalue weighted by Gasteiger charge is -2.26. The molecule has 8 nitrogen and oxygen atoms in total. The minimum absolute atomic E-state index is 0.520. The van der Waals surface area contributed by atoms with E-state index in [2.05, 4.69) is 136 Å². The topological polar surface area (TPSA) is 109 Å². The zero-order chi connectivity index (χ0) is 50.7. The summed E-state index contributed by atoms with van der Waals surface area (Å²) in [7, 11) is 0. The van der Waals surface area contributed by atoms with Crippen LogP contribution in [0.5, 0.6) is 0 Å². The van der Waals surface area contributed by atoms with E-state index in [4.69, 9.17) is 9.97 Å². The Morgan fingerprint density at radius 1 is 0.320 bits per heavy atom. The molecule has 0 bridgehead atoms. The lowest BCUT2D eigenvalue weighted by atomic mass is 9.99. The lowest BCUT2D eigenvalue weighted by Crippen LogP contribution is -2.10. The Kier molecular flexibility index (Phi) is 11.9. The fraction of sp³-hybridized carbons (Fsp3) is 0. The van der Waals surface area contributed by atoms with Gasteiger partial charge in [-0.25, -0.2) is 9.97 Å². The van der Waals surface area contributed by atoms with Gasteiger partial charge in [-0.1, -0.05) is 127 Å². The zero-order valence-corrected chi connectivity index (χ0v) is 40.3. The van der Waals surface area contributed by atoms with Crippen molar-refractivity contribution in [2.75, 3.05) is 9.80 Å². The average Bonchev–Trinajstić information content (AvgIpc) is 3.81. The molecule has 75 heavy (non-hydrogen) atoms. The second-order valence-corrected chi connectivity index (χ2v) is 18.0. The van der Waals surface area contributed by atoms with Crippen LogP contribution in [0, 0.1) is 34.0 Å². The van der Waals surface area contributed by atoms with Crippen LogP contribution in [0.1, 0.15) is 16.7 Å². The molecule has 12 aromatic rings. The van der Waals surface area contributed by atoms with Crippen molar-refractivity contribution in [3.05, 3.63) is 271 Å². The highest BCUT2D eigenvalue weighted by Gasteiger charge is 2.22. The number of para-hydroxylation sites is 2. The van der Waals surface area contributed by atoms with E-state index in [1.54, 1.807) is 0 Å². The summed E-state index contributed by atoms with van der Waals surface area (Å²) in [5.74, 6) is 0.655. The largest absolute Gasteiger partial charge is 0.310 e. The van der Waals surface area contributed by atoms with Crippen molar-refractivity contribution in [3.63, 3.8) is 0 Å². The molecular weight excluding hydrogens is 917 g/mol. The number of nitriles is 3. The van der Waals surface area contributed by atoms with E-state index in [1.807, 2.05) is 152 Å². The molecule has 0 radical (unpaired) electrons. The average molecular weight is 959 g/mol. The maximum atomic E-state index is 11.0. The predicted octanol–water partition coefficient (Wildman–Crippen LogP) is 16.8. The van der Waals surface area contributed by atoms with E-state index in [0.717, 1.165) is 101 Å². The maximum Gasteiger partial charge on any atom is 0.160 e. The summed E-state index contributed by atoms with van der Waals surface area (Å²) in [6, 6.07) is 92.3. The van der Waals surface area contributed by atoms with Gasteiger partial charge in [0.1, 0.15) is 6.07 Å². The van der Waals surface area contributed by atoms with E-state index in [0.29, 0.717) is 22.5 Å². The normalized spacial score (nSPS) is 10.9. The molecule has 12 rings (SSSR count). The van der Waals surface area contributed by atoms with E-state index in [9.17, 15) is 15.8 Å². The van der Waals surface area contributed by atoms with Crippen LogP contribution in [0.15, 0.2) is 255 Å². The number of hydrogen-bond acceptors (Lipinski definition) is 7. The molecule has 0 saturated heterocycles. The molecule has 0 N–H and O–H groups in total. The highest BCUT2D eigenvalue weighted by Crippen LogP contribution is 2.44. The number of fused-ring (bicyclic) bond motifs is 3. The van der Waals surface area contributed by atoms with Crippen LogP contribution in [0.2, 0.25) is 0 Å². The Balaban J connectivity index is 0.991. The van der Waals surface area contributed by atoms with Crippen LogP contribution < -0.4 is 9.80 Å². The zero-order valence-electron chi connectivity index (χ0n) is 40.3. The smallest absolute Gasteiger partial charge is 0.160 e. The molecule has 0 fully saturated rings. The SMILES string of the molecule is N#Cc1ccc(N(c2ccccc2)c2ccc3c(c2)c2cc(N(c4ccccc4)c4ccc(C#N)cc4)ccc2n3-c2ccc(-c3ccc(-c4cc(-c5ccccc5)nc(-c5ccccc5)n4)cc3)cc2C#N)cc1. The van der Waals surface area contributed by atoms with E-state index >= 15 is 0 Å². The fourth-order valence-electron chi connectivity index (χ4n) is 9.86. The third kappa shape index (κ3) is 8.76. The van der Waals surface area contributed by atoms with Gasteiger partial charge < -0.3 is 14.4 Å². The van der Waals surface area contributed by atoms with Gasteiger partial charge in [0.2, 0.25) is 0 Å². The van der Waals surface area contributed by atoms with E-state index in [1.165, 1.54) is 0 Å². The van der Waals surface area contributed by atoms with Crippen LogP contribution in [0.4, 0.5) is 34.1 Å². The first-order valence-corrected chi connectivity index (χ1v) is 24.5. The molecule has 350 valence electrons. The number of aromatic nitrogens is 3. The van der Waals surface area contributed by atoms with Gasteiger partial charge in [-0.3, -0.25) is 0 Å². The molecule has 2 heterocycles. The Morgan fingerprint density at radius 2 is 0.720 bits per heavy atom. The Hall–Kier alpha value is -10.9. The third-order valence-electron chi connectivity index (χ3n) is 13.5. The molecule has 0 aliphatic carbocycles. The molecule has 0 spiro atoms. The predicted molar refractivity (Wildman–Crippen MR) is 302 cm³/mol. The Labute approximate surface area is 434 Å². The second-order valence-electron chi connectivity index (χ2n) is 18.0. The van der Waals surface area contributed by atoms with Gasteiger partial charge in [0.05, 0.1) is 56.9 Å². The van der Waals surface area contributed by atoms with Crippen molar-refractivity contribution in [1.29, 1.82) is 15.8 Å². The Morgan fingerprint density at radius 3 is 1.19 bits per heavy atom. The van der Waals surface area contributed by atoms with Crippen LogP contribution >= 0.6 is 0 Å². The number of rotatable bonds is 11. The molecule has 0 atom stereocenters. The molecule has 10 aromatic carbocycles. The monoisotopic (exact) mass is 958 g/mol. The van der Waals surface area contributed by atoms with Gasteiger partial charge in [0, 0.05) is 61.6 Å². The van der Waals surface area contributed by atoms with Crippen molar-refractivity contribution in [2.24, 2.45) is 0 Å². The standard InChI is InChI=1S/C67H42N8/c68-43-46-21-30-56(31-22-46)73(54-17-9-3-10-18-54)58-34-37-65-60(40-58)61-41-59(74(55-19-11-4-12-20-55)57-32-23-47(44-69)24-33-57)35-38-66(61)75(65)64-36-29-52(39-53(64)45-70)48-25-27-50(28-26-48)63-42-62(49-13-5-1-6-14-49)71-67(72-63)51-15-7-2-8-16-51/h1-42H. The van der Waals surface area contributed by atoms with Crippen molar-refractivity contribution in [3.8, 4) is 68.9 Å². The van der Waals surface area contributed by atoms with Crippen LogP contribution in [0.25, 0.3) is 72.5 Å². The van der Waals surface area contributed by atoms with Crippen LogP contribution in [0.3, 0.4) is 0 Å². The summed E-state index contributed by atoms with van der Waals surface area (Å²) in [5.41, 5.74) is 16.3. The highest BCUT2D eigenvalue weighted by atomic mass is 15.1. The number of anilines is 6. The molecule has 0 aliphatic heterocycles. The summed E-state index contributed by atoms with van der Waals surface area (Å²) in [5, 5.41) is 32.4. The van der Waals surface area contributed by atoms with E-state index in [-0.39, 0.29) is 0 Å². The molecule has 0 saturated carbocycles. The number of nitrogens with zero attached hydrogens (tertiary/aromatic N) is 8. The third-order valence-corrected chi connectivity index (χ3v) is 13.5. The summed E-state index contributed by atoms with van der Waals surface area (Å²) >= 11 is 0. The van der Waals surface area contributed by atoms with Crippen molar-refractivity contribution in [2.45, 2.75) is 0 Å². The number of benzene rings is 10. The summed E-state index contributed by atoms with van der Waals surface area (Å²) in [4.78, 5) is 14.4. The van der Waals surface area contributed by atoms with Crippen molar-refractivity contribution >= 4 is 55.9 Å². The maximum absolute atomic E-state index is 11.0. The quantitative estimate of drug-likeness (QED) is 0.127. The van der Waals surface area contributed by atoms with Crippen LogP contribution in [-0.2, 0) is 0 Å². The van der Waals surface area contributed by atoms with Gasteiger partial charge in [-0.15, -0.1) is 0 Å². The highest BCUT2D eigenvalue weighted by molar-refractivity contribution is 6.12. The fourth-order valence-corrected chi connectivity index (χ4v) is 9.86. The molecule has 0 aliphatic rings. The van der Waals surface area contributed by atoms with Crippen molar-refractivity contribution in [1.82, 2.24) is 14.5 Å². The lowest BCUT2D eigenvalue weighted by molar-refractivity contribution is 1.17. The van der Waals surface area contributed by atoms with Gasteiger partial charge in [-0.2, -0.15) is 15.8 Å². The minimum Gasteiger partial charge on any atom is -0.310 e.